The smallest absolute Gasteiger partial charge is 0.394 e. The summed E-state index contributed by atoms with van der Waals surface area (Å²) in [7, 11) is 0. The molecular weight excluding hydrogens is 416 g/mol. The molecule has 0 saturated heterocycles. The molecule has 0 fully saturated rings. The van der Waals surface area contributed by atoms with Gasteiger partial charge in [-0.2, -0.15) is 0 Å². The number of pyridine rings is 1. The standard InChI is InChI=1S/C27H24N2O4/c30-26(27(31)32)29(17-16-20-6-2-1-3-7-20)18-21-10-14-24(15-11-21)33-19-23-13-12-22-8-4-5-9-25(22)28-23/h1-15H,16-19H2,(H,31,32). The van der Waals surface area contributed by atoms with E-state index in [0.717, 1.165) is 27.7 Å². The molecule has 6 nitrogen and oxygen atoms in total. The first-order valence-electron chi connectivity index (χ1n) is 10.7. The number of ether oxygens (including phenoxy) is 1. The van der Waals surface area contributed by atoms with Crippen molar-refractivity contribution in [3.8, 4) is 5.75 Å². The zero-order chi connectivity index (χ0) is 23.0. The highest BCUT2D eigenvalue weighted by molar-refractivity contribution is 6.31. The van der Waals surface area contributed by atoms with Crippen molar-refractivity contribution >= 4 is 22.8 Å². The van der Waals surface area contributed by atoms with Crippen LogP contribution in [-0.2, 0) is 29.2 Å². The van der Waals surface area contributed by atoms with Crippen molar-refractivity contribution in [3.05, 3.63) is 108 Å². The summed E-state index contributed by atoms with van der Waals surface area (Å²) in [5, 5.41) is 10.3. The number of para-hydroxylation sites is 1. The van der Waals surface area contributed by atoms with E-state index in [-0.39, 0.29) is 6.54 Å². The van der Waals surface area contributed by atoms with Crippen molar-refractivity contribution < 1.29 is 19.4 Å². The fourth-order valence-corrected chi connectivity index (χ4v) is 3.55. The van der Waals surface area contributed by atoms with Gasteiger partial charge in [0, 0.05) is 18.5 Å². The maximum absolute atomic E-state index is 12.2. The number of aliphatic carboxylic acids is 1. The fraction of sp³-hybridized carbons (Fsp3) is 0.148. The Balaban J connectivity index is 1.37. The minimum absolute atomic E-state index is 0.213. The number of carbonyl (C=O) groups excluding carboxylic acids is 1. The van der Waals surface area contributed by atoms with E-state index < -0.39 is 11.9 Å². The van der Waals surface area contributed by atoms with Crippen LogP contribution >= 0.6 is 0 Å². The number of hydrogen-bond acceptors (Lipinski definition) is 4. The van der Waals surface area contributed by atoms with Crippen LogP contribution in [-0.4, -0.2) is 33.4 Å². The average Bonchev–Trinajstić information content (AvgIpc) is 2.86. The molecule has 4 aromatic rings. The molecule has 6 heteroatoms. The molecule has 3 aromatic carbocycles. The molecule has 0 radical (unpaired) electrons. The van der Waals surface area contributed by atoms with E-state index in [0.29, 0.717) is 25.3 Å². The molecule has 0 atom stereocenters. The van der Waals surface area contributed by atoms with E-state index >= 15 is 0 Å². The summed E-state index contributed by atoms with van der Waals surface area (Å²) >= 11 is 0. The highest BCUT2D eigenvalue weighted by atomic mass is 16.5. The molecule has 0 aliphatic heterocycles. The Labute approximate surface area is 192 Å². The Morgan fingerprint density at radius 1 is 0.818 bits per heavy atom. The van der Waals surface area contributed by atoms with Crippen molar-refractivity contribution in [2.45, 2.75) is 19.6 Å². The molecule has 0 unspecified atom stereocenters. The SMILES string of the molecule is O=C(O)C(=O)N(CCc1ccccc1)Cc1ccc(OCc2ccc3ccccc3n2)cc1. The van der Waals surface area contributed by atoms with E-state index in [1.807, 2.05) is 91.0 Å². The summed E-state index contributed by atoms with van der Waals surface area (Å²) in [6.07, 6.45) is 0.583. The topological polar surface area (TPSA) is 79.7 Å². The number of nitrogens with zero attached hydrogens (tertiary/aromatic N) is 2. The second kappa shape index (κ2) is 10.4. The van der Waals surface area contributed by atoms with Gasteiger partial charge in [-0.05, 0) is 41.8 Å². The van der Waals surface area contributed by atoms with Crippen LogP contribution in [0.3, 0.4) is 0 Å². The van der Waals surface area contributed by atoms with Gasteiger partial charge in [-0.15, -0.1) is 0 Å². The van der Waals surface area contributed by atoms with Gasteiger partial charge in [0.15, 0.2) is 0 Å². The summed E-state index contributed by atoms with van der Waals surface area (Å²) in [4.78, 5) is 29.4. The molecule has 0 aliphatic carbocycles. The Kier molecular flexibility index (Phi) is 6.95. The Morgan fingerprint density at radius 2 is 1.55 bits per heavy atom. The monoisotopic (exact) mass is 440 g/mol. The van der Waals surface area contributed by atoms with Crippen LogP contribution in [0.15, 0.2) is 91.0 Å². The van der Waals surface area contributed by atoms with E-state index in [4.69, 9.17) is 4.74 Å². The predicted molar refractivity (Wildman–Crippen MR) is 126 cm³/mol. The highest BCUT2D eigenvalue weighted by Crippen LogP contribution is 2.17. The second-order valence-electron chi connectivity index (χ2n) is 7.70. The first-order valence-corrected chi connectivity index (χ1v) is 10.7. The van der Waals surface area contributed by atoms with E-state index in [2.05, 4.69) is 4.98 Å². The van der Waals surface area contributed by atoms with Gasteiger partial charge in [-0.25, -0.2) is 9.78 Å². The van der Waals surface area contributed by atoms with Crippen molar-refractivity contribution in [2.75, 3.05) is 6.54 Å². The minimum atomic E-state index is -1.45. The van der Waals surface area contributed by atoms with Crippen LogP contribution in [0.5, 0.6) is 5.75 Å². The van der Waals surface area contributed by atoms with Crippen LogP contribution in [0, 0.1) is 0 Å². The third-order valence-electron chi connectivity index (χ3n) is 5.32. The lowest BCUT2D eigenvalue weighted by molar-refractivity contribution is -0.156. The number of aromatic nitrogens is 1. The maximum Gasteiger partial charge on any atom is 0.394 e. The lowest BCUT2D eigenvalue weighted by atomic mass is 10.1. The lowest BCUT2D eigenvalue weighted by Crippen LogP contribution is -2.37. The third-order valence-corrected chi connectivity index (χ3v) is 5.32. The molecule has 0 saturated carbocycles. The van der Waals surface area contributed by atoms with E-state index in [1.165, 1.54) is 4.90 Å². The number of carbonyl (C=O) groups is 2. The van der Waals surface area contributed by atoms with Crippen LogP contribution in [0.1, 0.15) is 16.8 Å². The molecule has 4 rings (SSSR count). The van der Waals surface area contributed by atoms with Crippen molar-refractivity contribution in [3.63, 3.8) is 0 Å². The molecule has 1 heterocycles. The minimum Gasteiger partial charge on any atom is -0.487 e. The molecular formula is C27H24N2O4. The second-order valence-corrected chi connectivity index (χ2v) is 7.70. The summed E-state index contributed by atoms with van der Waals surface area (Å²) in [6, 6.07) is 28.9. The quantitative estimate of drug-likeness (QED) is 0.409. The van der Waals surface area contributed by atoms with E-state index in [1.54, 1.807) is 0 Å². The van der Waals surface area contributed by atoms with E-state index in [9.17, 15) is 14.7 Å². The summed E-state index contributed by atoms with van der Waals surface area (Å²) in [5.74, 6) is -1.69. The first-order chi connectivity index (χ1) is 16.1. The molecule has 33 heavy (non-hydrogen) atoms. The molecule has 1 N–H and O–H groups in total. The van der Waals surface area contributed by atoms with Gasteiger partial charge in [0.25, 0.3) is 0 Å². The Hall–Kier alpha value is -4.19. The van der Waals surface area contributed by atoms with Gasteiger partial charge < -0.3 is 14.7 Å². The van der Waals surface area contributed by atoms with Gasteiger partial charge in [-0.3, -0.25) is 4.79 Å². The van der Waals surface area contributed by atoms with Crippen LogP contribution in [0.25, 0.3) is 10.9 Å². The Bertz CT molecular complexity index is 1240. The molecule has 0 aliphatic rings. The van der Waals surface area contributed by atoms with Gasteiger partial charge in [0.1, 0.15) is 12.4 Å². The zero-order valence-corrected chi connectivity index (χ0v) is 18.1. The van der Waals surface area contributed by atoms with Crippen molar-refractivity contribution in [2.24, 2.45) is 0 Å². The van der Waals surface area contributed by atoms with Gasteiger partial charge in [-0.1, -0.05) is 66.7 Å². The number of benzene rings is 3. The summed E-state index contributed by atoms with van der Waals surface area (Å²) in [5.41, 5.74) is 3.63. The number of amides is 1. The normalized spacial score (nSPS) is 10.7. The average molecular weight is 440 g/mol. The van der Waals surface area contributed by atoms with Gasteiger partial charge in [0.2, 0.25) is 0 Å². The van der Waals surface area contributed by atoms with Gasteiger partial charge >= 0.3 is 11.9 Å². The summed E-state index contributed by atoms with van der Waals surface area (Å²) in [6.45, 7) is 0.871. The lowest BCUT2D eigenvalue weighted by Gasteiger charge is -2.21. The molecule has 0 bridgehead atoms. The number of hydrogen-bond donors (Lipinski definition) is 1. The zero-order valence-electron chi connectivity index (χ0n) is 18.1. The number of rotatable bonds is 8. The Morgan fingerprint density at radius 3 is 2.30 bits per heavy atom. The number of fused-ring (bicyclic) bond motifs is 1. The first kappa shape index (κ1) is 22.0. The molecule has 1 amide bonds. The summed E-state index contributed by atoms with van der Waals surface area (Å²) < 4.78 is 5.85. The molecule has 1 aromatic heterocycles. The van der Waals surface area contributed by atoms with Crippen LogP contribution in [0.4, 0.5) is 0 Å². The maximum atomic E-state index is 12.2. The van der Waals surface area contributed by atoms with Gasteiger partial charge in [0.05, 0.1) is 11.2 Å². The third kappa shape index (κ3) is 5.95. The van der Waals surface area contributed by atoms with Crippen LogP contribution < -0.4 is 4.74 Å². The predicted octanol–water partition coefficient (Wildman–Crippen LogP) is 4.47. The molecule has 166 valence electrons. The largest absolute Gasteiger partial charge is 0.487 e. The van der Waals surface area contributed by atoms with Crippen molar-refractivity contribution in [1.82, 2.24) is 9.88 Å². The number of carboxylic acid groups (broad SMARTS) is 1. The fourth-order valence-electron chi connectivity index (χ4n) is 3.55. The number of carboxylic acids is 1. The molecule has 0 spiro atoms. The van der Waals surface area contributed by atoms with Crippen LogP contribution in [0.2, 0.25) is 0 Å². The highest BCUT2D eigenvalue weighted by Gasteiger charge is 2.21. The van der Waals surface area contributed by atoms with Crippen molar-refractivity contribution in [1.29, 1.82) is 0 Å².